The van der Waals surface area contributed by atoms with Crippen molar-refractivity contribution >= 4 is 58.4 Å². The van der Waals surface area contributed by atoms with Gasteiger partial charge in [-0.2, -0.15) is 5.10 Å². The lowest BCUT2D eigenvalue weighted by Gasteiger charge is -2.08. The van der Waals surface area contributed by atoms with Crippen LogP contribution in [0.1, 0.15) is 11.1 Å². The summed E-state index contributed by atoms with van der Waals surface area (Å²) in [4.78, 5) is 16.6. The molecule has 35 heavy (non-hydrogen) atoms. The maximum Gasteiger partial charge on any atom is 0.250 e. The Morgan fingerprint density at radius 2 is 1.89 bits per heavy atom. The average molecular weight is 546 g/mol. The van der Waals surface area contributed by atoms with E-state index in [0.717, 1.165) is 21.2 Å². The van der Waals surface area contributed by atoms with Crippen LogP contribution in [0.4, 0.5) is 4.39 Å². The number of thioether (sulfide) groups is 1. The molecule has 0 radical (unpaired) electrons. The predicted octanol–water partition coefficient (Wildman–Crippen LogP) is 7.08. The third-order valence-corrected chi connectivity index (χ3v) is 7.30. The second-order valence-electron chi connectivity index (χ2n) is 7.15. The van der Waals surface area contributed by atoms with Gasteiger partial charge in [0.1, 0.15) is 18.2 Å². The molecule has 1 heterocycles. The second kappa shape index (κ2) is 12.2. The quantitative estimate of drug-likeness (QED) is 0.139. The van der Waals surface area contributed by atoms with E-state index in [1.165, 1.54) is 35.4 Å². The van der Waals surface area contributed by atoms with Crippen LogP contribution < -0.4 is 10.2 Å². The monoisotopic (exact) mass is 545 g/mol. The van der Waals surface area contributed by atoms with Crippen LogP contribution in [0.25, 0.3) is 11.3 Å². The van der Waals surface area contributed by atoms with Crippen LogP contribution in [0.15, 0.2) is 81.6 Å². The molecule has 0 aliphatic heterocycles. The highest BCUT2D eigenvalue weighted by molar-refractivity contribution is 8.01. The summed E-state index contributed by atoms with van der Waals surface area (Å²) >= 11 is 14.8. The molecular formula is C25H18Cl2FN3O2S2. The zero-order valence-corrected chi connectivity index (χ0v) is 21.2. The lowest BCUT2D eigenvalue weighted by molar-refractivity contribution is -0.118. The molecule has 0 saturated carbocycles. The van der Waals surface area contributed by atoms with E-state index in [-0.39, 0.29) is 18.3 Å². The number of hydrogen-bond donors (Lipinski definition) is 1. The molecule has 5 nitrogen and oxygen atoms in total. The van der Waals surface area contributed by atoms with Gasteiger partial charge >= 0.3 is 0 Å². The van der Waals surface area contributed by atoms with Gasteiger partial charge in [0.25, 0.3) is 5.91 Å². The molecule has 0 atom stereocenters. The number of nitrogens with zero attached hydrogens (tertiary/aromatic N) is 2. The molecule has 0 aliphatic rings. The Bertz CT molecular complexity index is 1310. The molecule has 3 aromatic carbocycles. The largest absolute Gasteiger partial charge is 0.489 e. The molecule has 10 heteroatoms. The highest BCUT2D eigenvalue weighted by atomic mass is 35.5. The van der Waals surface area contributed by atoms with Gasteiger partial charge < -0.3 is 4.74 Å². The third kappa shape index (κ3) is 7.29. The summed E-state index contributed by atoms with van der Waals surface area (Å²) in [6.45, 7) is 0.0208. The van der Waals surface area contributed by atoms with Crippen molar-refractivity contribution in [1.82, 2.24) is 10.4 Å². The Balaban J connectivity index is 1.22. The van der Waals surface area contributed by atoms with Crippen molar-refractivity contribution < 1.29 is 13.9 Å². The number of hydrogen-bond acceptors (Lipinski definition) is 6. The summed E-state index contributed by atoms with van der Waals surface area (Å²) in [5.41, 5.74) is 5.39. The highest BCUT2D eigenvalue weighted by Crippen LogP contribution is 2.29. The van der Waals surface area contributed by atoms with Crippen LogP contribution >= 0.6 is 46.3 Å². The van der Waals surface area contributed by atoms with Gasteiger partial charge in [0.15, 0.2) is 4.34 Å². The first-order chi connectivity index (χ1) is 17.0. The number of aromatic nitrogens is 1. The predicted molar refractivity (Wildman–Crippen MR) is 141 cm³/mol. The maximum atomic E-state index is 13.8. The summed E-state index contributed by atoms with van der Waals surface area (Å²) in [6, 6.07) is 19.0. The smallest absolute Gasteiger partial charge is 0.250 e. The topological polar surface area (TPSA) is 63.6 Å². The van der Waals surface area contributed by atoms with Gasteiger partial charge in [-0.15, -0.1) is 11.3 Å². The molecule has 0 spiro atoms. The van der Waals surface area contributed by atoms with Crippen molar-refractivity contribution in [2.24, 2.45) is 5.10 Å². The molecule has 0 saturated heterocycles. The number of rotatable bonds is 9. The minimum Gasteiger partial charge on any atom is -0.489 e. The van der Waals surface area contributed by atoms with E-state index in [4.69, 9.17) is 27.9 Å². The first kappa shape index (κ1) is 25.2. The maximum absolute atomic E-state index is 13.8. The second-order valence-corrected chi connectivity index (χ2v) is 10.1. The number of benzene rings is 3. The van der Waals surface area contributed by atoms with Crippen molar-refractivity contribution in [1.29, 1.82) is 0 Å². The SMILES string of the molecule is O=C(CSc1nc(-c2ccc(Cl)cc2)cs1)N/N=C/c1ccc(OCc2c(F)cccc2Cl)cc1. The molecule has 0 fully saturated rings. The zero-order chi connectivity index (χ0) is 24.6. The molecule has 0 bridgehead atoms. The van der Waals surface area contributed by atoms with Crippen LogP contribution in [0.5, 0.6) is 5.75 Å². The van der Waals surface area contributed by atoms with Crippen molar-refractivity contribution in [3.63, 3.8) is 0 Å². The van der Waals surface area contributed by atoms with Gasteiger partial charge in [0.05, 0.1) is 22.7 Å². The first-order valence-electron chi connectivity index (χ1n) is 10.3. The zero-order valence-electron chi connectivity index (χ0n) is 18.1. The van der Waals surface area contributed by atoms with Gasteiger partial charge in [0, 0.05) is 21.5 Å². The fourth-order valence-electron chi connectivity index (χ4n) is 2.89. The highest BCUT2D eigenvalue weighted by Gasteiger charge is 2.09. The van der Waals surface area contributed by atoms with Crippen molar-refractivity contribution in [3.05, 3.63) is 99.1 Å². The summed E-state index contributed by atoms with van der Waals surface area (Å²) < 4.78 is 20.2. The lowest BCUT2D eigenvalue weighted by Crippen LogP contribution is -2.19. The third-order valence-electron chi connectivity index (χ3n) is 4.68. The van der Waals surface area contributed by atoms with Crippen molar-refractivity contribution in [3.8, 4) is 17.0 Å². The van der Waals surface area contributed by atoms with E-state index in [9.17, 15) is 9.18 Å². The minimum absolute atomic E-state index is 0.0208. The number of carbonyl (C=O) groups is 1. The summed E-state index contributed by atoms with van der Waals surface area (Å²) in [5, 5.41) is 6.92. The number of carbonyl (C=O) groups excluding carboxylic acids is 1. The number of ether oxygens (including phenoxy) is 1. The van der Waals surface area contributed by atoms with Crippen LogP contribution in [0.3, 0.4) is 0 Å². The van der Waals surface area contributed by atoms with E-state index in [2.05, 4.69) is 15.5 Å². The average Bonchev–Trinajstić information content (AvgIpc) is 3.33. The number of halogens is 3. The van der Waals surface area contributed by atoms with E-state index in [1.54, 1.807) is 36.4 Å². The van der Waals surface area contributed by atoms with Crippen LogP contribution in [0.2, 0.25) is 10.0 Å². The van der Waals surface area contributed by atoms with Crippen LogP contribution in [-0.4, -0.2) is 22.9 Å². The molecule has 0 aliphatic carbocycles. The molecule has 1 aromatic heterocycles. The van der Waals surface area contributed by atoms with Gasteiger partial charge in [-0.3, -0.25) is 4.79 Å². The number of amides is 1. The Labute approximate surface area is 220 Å². The van der Waals surface area contributed by atoms with E-state index in [0.29, 0.717) is 21.4 Å². The van der Waals surface area contributed by atoms with Crippen molar-refractivity contribution in [2.45, 2.75) is 10.9 Å². The van der Waals surface area contributed by atoms with Gasteiger partial charge in [0.2, 0.25) is 0 Å². The molecule has 1 amide bonds. The molecular weight excluding hydrogens is 528 g/mol. The molecule has 0 unspecified atom stereocenters. The summed E-state index contributed by atoms with van der Waals surface area (Å²) in [6.07, 6.45) is 1.53. The normalized spacial score (nSPS) is 11.1. The standard InChI is InChI=1S/C25H18Cl2FN3O2S2/c26-18-8-6-17(7-9-18)23-14-34-25(30-23)35-15-24(32)31-29-12-16-4-10-19(11-5-16)33-13-20-21(27)2-1-3-22(20)28/h1-12,14H,13,15H2,(H,31,32)/b29-12+. The van der Waals surface area contributed by atoms with Gasteiger partial charge in [-0.1, -0.05) is 53.2 Å². The molecule has 4 rings (SSSR count). The summed E-state index contributed by atoms with van der Waals surface area (Å²) in [7, 11) is 0. The van der Waals surface area contributed by atoms with E-state index in [1.807, 2.05) is 29.6 Å². The fraction of sp³-hybridized carbons (Fsp3) is 0.0800. The van der Waals surface area contributed by atoms with Gasteiger partial charge in [-0.05, 0) is 54.1 Å². The van der Waals surface area contributed by atoms with E-state index < -0.39 is 5.82 Å². The first-order valence-corrected chi connectivity index (χ1v) is 12.9. The number of hydrazone groups is 1. The molecule has 1 N–H and O–H groups in total. The van der Waals surface area contributed by atoms with E-state index >= 15 is 0 Å². The van der Waals surface area contributed by atoms with Gasteiger partial charge in [-0.25, -0.2) is 14.8 Å². The van der Waals surface area contributed by atoms with Crippen LogP contribution in [0, 0.1) is 5.82 Å². The van der Waals surface area contributed by atoms with Crippen molar-refractivity contribution in [2.75, 3.05) is 5.75 Å². The Kier molecular flexibility index (Phi) is 8.76. The number of nitrogens with one attached hydrogen (secondary N) is 1. The fourth-order valence-corrected chi connectivity index (χ4v) is 4.86. The Morgan fingerprint density at radius 3 is 2.63 bits per heavy atom. The minimum atomic E-state index is -0.410. The molecule has 4 aromatic rings. The summed E-state index contributed by atoms with van der Waals surface area (Å²) in [5.74, 6) is 0.0996. The lowest BCUT2D eigenvalue weighted by atomic mass is 10.2. The number of thiazole rings is 1. The van der Waals surface area contributed by atoms with Crippen LogP contribution in [-0.2, 0) is 11.4 Å². The Morgan fingerprint density at radius 1 is 1.11 bits per heavy atom. The Hall–Kier alpha value is -2.91. The molecule has 178 valence electrons.